The van der Waals surface area contributed by atoms with Gasteiger partial charge in [-0.15, -0.1) is 0 Å². The Labute approximate surface area is 155 Å². The summed E-state index contributed by atoms with van der Waals surface area (Å²) in [6.45, 7) is 0.960. The number of rotatable bonds is 6. The molecule has 3 N–H and O–H groups in total. The van der Waals surface area contributed by atoms with Crippen molar-refractivity contribution >= 4 is 27.9 Å². The van der Waals surface area contributed by atoms with Crippen molar-refractivity contribution in [1.82, 2.24) is 10.2 Å². The van der Waals surface area contributed by atoms with Crippen molar-refractivity contribution in [3.05, 3.63) is 69.7 Å². The molecular weight excluding hydrogens is 382 g/mol. The van der Waals surface area contributed by atoms with E-state index < -0.39 is 6.03 Å². The Hall–Kier alpha value is -2.34. The van der Waals surface area contributed by atoms with Crippen LogP contribution < -0.4 is 11.1 Å². The van der Waals surface area contributed by atoms with E-state index in [1.165, 1.54) is 0 Å². The van der Waals surface area contributed by atoms with Gasteiger partial charge in [-0.05, 0) is 48.2 Å². The van der Waals surface area contributed by atoms with Crippen LogP contribution in [-0.2, 0) is 13.1 Å². The molecule has 5 nitrogen and oxygen atoms in total. The van der Waals surface area contributed by atoms with E-state index in [-0.39, 0.29) is 5.91 Å². The third-order valence-corrected chi connectivity index (χ3v) is 4.65. The maximum atomic E-state index is 12.9. The van der Waals surface area contributed by atoms with E-state index in [9.17, 15) is 9.59 Å². The molecule has 130 valence electrons. The number of carbonyl (C=O) groups is 2. The van der Waals surface area contributed by atoms with Crippen molar-refractivity contribution in [3.63, 3.8) is 0 Å². The number of nitrogens with two attached hydrogens (primary N) is 1. The minimum Gasteiger partial charge on any atom is -0.352 e. The predicted molar refractivity (Wildman–Crippen MR) is 99.9 cm³/mol. The normalized spacial score (nSPS) is 13.3. The van der Waals surface area contributed by atoms with Gasteiger partial charge in [-0.2, -0.15) is 0 Å². The number of nitrogens with one attached hydrogen (secondary N) is 1. The molecule has 25 heavy (non-hydrogen) atoms. The molecule has 0 radical (unpaired) electrons. The van der Waals surface area contributed by atoms with E-state index in [1.807, 2.05) is 41.3 Å². The van der Waals surface area contributed by atoms with Crippen LogP contribution >= 0.6 is 15.9 Å². The monoisotopic (exact) mass is 401 g/mol. The van der Waals surface area contributed by atoms with Crippen LogP contribution in [0.4, 0.5) is 4.79 Å². The second-order valence-electron chi connectivity index (χ2n) is 6.21. The molecule has 0 aromatic heterocycles. The lowest BCUT2D eigenvalue weighted by molar-refractivity contribution is 0.0730. The minimum atomic E-state index is -0.561. The van der Waals surface area contributed by atoms with E-state index in [1.54, 1.807) is 12.1 Å². The Balaban J connectivity index is 1.71. The number of amides is 3. The fourth-order valence-corrected chi connectivity index (χ4v) is 3.15. The van der Waals surface area contributed by atoms with Crippen LogP contribution in [0.5, 0.6) is 0 Å². The van der Waals surface area contributed by atoms with Gasteiger partial charge in [0.2, 0.25) is 0 Å². The summed E-state index contributed by atoms with van der Waals surface area (Å²) in [5.41, 5.74) is 7.74. The van der Waals surface area contributed by atoms with E-state index in [0.717, 1.165) is 28.4 Å². The van der Waals surface area contributed by atoms with Crippen molar-refractivity contribution in [1.29, 1.82) is 0 Å². The zero-order chi connectivity index (χ0) is 17.8. The molecule has 1 aliphatic carbocycles. The number of primary amides is 1. The molecular formula is C19H20BrN3O2. The Morgan fingerprint density at radius 1 is 1.12 bits per heavy atom. The van der Waals surface area contributed by atoms with Crippen LogP contribution in [0.15, 0.2) is 53.0 Å². The molecule has 0 atom stereocenters. The average molecular weight is 402 g/mol. The lowest BCUT2D eigenvalue weighted by Gasteiger charge is -2.23. The lowest BCUT2D eigenvalue weighted by atomic mass is 10.1. The smallest absolute Gasteiger partial charge is 0.312 e. The van der Waals surface area contributed by atoms with Crippen molar-refractivity contribution in [3.8, 4) is 0 Å². The highest BCUT2D eigenvalue weighted by Gasteiger charge is 2.33. The zero-order valence-electron chi connectivity index (χ0n) is 13.7. The van der Waals surface area contributed by atoms with Crippen LogP contribution in [0.3, 0.4) is 0 Å². The first-order valence-electron chi connectivity index (χ1n) is 8.20. The fourth-order valence-electron chi connectivity index (χ4n) is 2.71. The van der Waals surface area contributed by atoms with Crippen LogP contribution in [-0.4, -0.2) is 22.9 Å². The van der Waals surface area contributed by atoms with Crippen LogP contribution in [0.1, 0.15) is 34.3 Å². The van der Waals surface area contributed by atoms with Gasteiger partial charge in [-0.1, -0.05) is 40.2 Å². The molecule has 3 amide bonds. The Kier molecular flexibility index (Phi) is 5.38. The molecule has 6 heteroatoms. The molecule has 0 bridgehead atoms. The van der Waals surface area contributed by atoms with Gasteiger partial charge < -0.3 is 16.0 Å². The molecule has 0 aliphatic heterocycles. The molecule has 1 saturated carbocycles. The van der Waals surface area contributed by atoms with Gasteiger partial charge in [0.05, 0.1) is 0 Å². The summed E-state index contributed by atoms with van der Waals surface area (Å²) in [4.78, 5) is 25.6. The highest BCUT2D eigenvalue weighted by Crippen LogP contribution is 2.30. The maximum Gasteiger partial charge on any atom is 0.312 e. The second-order valence-corrected chi connectivity index (χ2v) is 7.12. The number of carbonyl (C=O) groups excluding carboxylic acids is 2. The summed E-state index contributed by atoms with van der Waals surface area (Å²) in [7, 11) is 0. The second kappa shape index (κ2) is 7.70. The number of urea groups is 1. The quantitative estimate of drug-likeness (QED) is 0.777. The first-order valence-corrected chi connectivity index (χ1v) is 9.00. The highest BCUT2D eigenvalue weighted by molar-refractivity contribution is 9.10. The topological polar surface area (TPSA) is 75.4 Å². The summed E-state index contributed by atoms with van der Waals surface area (Å²) in [6, 6.07) is 15.1. The van der Waals surface area contributed by atoms with Gasteiger partial charge in [0.25, 0.3) is 5.91 Å². The molecule has 1 fully saturated rings. The van der Waals surface area contributed by atoms with Crippen molar-refractivity contribution in [2.24, 2.45) is 5.73 Å². The third kappa shape index (κ3) is 4.82. The molecule has 3 rings (SSSR count). The number of halogens is 1. The molecule has 2 aromatic carbocycles. The molecule has 2 aromatic rings. The Morgan fingerprint density at radius 3 is 2.44 bits per heavy atom. The van der Waals surface area contributed by atoms with E-state index in [4.69, 9.17) is 5.73 Å². The summed E-state index contributed by atoms with van der Waals surface area (Å²) in [5, 5.41) is 2.54. The highest BCUT2D eigenvalue weighted by atomic mass is 79.9. The molecule has 1 aliphatic rings. The first-order chi connectivity index (χ1) is 12.0. The minimum absolute atomic E-state index is 0.0388. The SMILES string of the molecule is NC(=O)NCc1ccc(C(=O)N(Cc2cccc(Br)c2)C2CC2)cc1. The van der Waals surface area contributed by atoms with Crippen molar-refractivity contribution in [2.45, 2.75) is 32.0 Å². The van der Waals surface area contributed by atoms with Crippen molar-refractivity contribution < 1.29 is 9.59 Å². The van der Waals surface area contributed by atoms with Gasteiger partial charge in [0, 0.05) is 29.2 Å². The molecule has 0 heterocycles. The van der Waals surface area contributed by atoms with Crippen LogP contribution in [0.2, 0.25) is 0 Å². The van der Waals surface area contributed by atoms with Gasteiger partial charge in [-0.25, -0.2) is 4.79 Å². The van der Waals surface area contributed by atoms with Crippen molar-refractivity contribution in [2.75, 3.05) is 0 Å². The van der Waals surface area contributed by atoms with Gasteiger partial charge in [0.15, 0.2) is 0 Å². The fraction of sp³-hybridized carbons (Fsp3) is 0.263. The first kappa shape index (κ1) is 17.5. The van der Waals surface area contributed by atoms with Gasteiger partial charge >= 0.3 is 6.03 Å². The largest absolute Gasteiger partial charge is 0.352 e. The van der Waals surface area contributed by atoms with E-state index >= 15 is 0 Å². The molecule has 0 saturated heterocycles. The van der Waals surface area contributed by atoms with E-state index in [0.29, 0.717) is 24.7 Å². The Bertz CT molecular complexity index is 772. The average Bonchev–Trinajstić information content (AvgIpc) is 3.43. The Morgan fingerprint density at radius 2 is 1.84 bits per heavy atom. The summed E-state index contributed by atoms with van der Waals surface area (Å²) >= 11 is 3.48. The molecule has 0 spiro atoms. The van der Waals surface area contributed by atoms with Crippen LogP contribution in [0, 0.1) is 0 Å². The summed E-state index contributed by atoms with van der Waals surface area (Å²) in [6.07, 6.45) is 2.11. The predicted octanol–water partition coefficient (Wildman–Crippen LogP) is 3.42. The van der Waals surface area contributed by atoms with Gasteiger partial charge in [-0.3, -0.25) is 4.79 Å². The number of benzene rings is 2. The lowest BCUT2D eigenvalue weighted by Crippen LogP contribution is -2.32. The number of hydrogen-bond acceptors (Lipinski definition) is 2. The number of nitrogens with zero attached hydrogens (tertiary/aromatic N) is 1. The third-order valence-electron chi connectivity index (χ3n) is 4.16. The van der Waals surface area contributed by atoms with Crippen LogP contribution in [0.25, 0.3) is 0 Å². The molecule has 0 unspecified atom stereocenters. The summed E-state index contributed by atoms with van der Waals surface area (Å²) in [5.74, 6) is 0.0388. The number of hydrogen-bond donors (Lipinski definition) is 2. The maximum absolute atomic E-state index is 12.9. The van der Waals surface area contributed by atoms with Gasteiger partial charge in [0.1, 0.15) is 0 Å². The standard InChI is InChI=1S/C19H20BrN3O2/c20-16-3-1-2-14(10-16)12-23(17-8-9-17)18(24)15-6-4-13(5-7-15)11-22-19(21)25/h1-7,10,17H,8-9,11-12H2,(H3,21,22,25). The van der Waals surface area contributed by atoms with E-state index in [2.05, 4.69) is 21.2 Å². The zero-order valence-corrected chi connectivity index (χ0v) is 15.3. The summed E-state index contributed by atoms with van der Waals surface area (Å²) < 4.78 is 1.01.